The maximum absolute atomic E-state index is 6.12. The molecule has 0 saturated carbocycles. The molecule has 1 aromatic carbocycles. The van der Waals surface area contributed by atoms with E-state index in [4.69, 9.17) is 9.47 Å². The highest BCUT2D eigenvalue weighted by atomic mass is 16.5. The highest BCUT2D eigenvalue weighted by Gasteiger charge is 2.34. The predicted molar refractivity (Wildman–Crippen MR) is 85.5 cm³/mol. The van der Waals surface area contributed by atoms with E-state index in [9.17, 15) is 0 Å². The van der Waals surface area contributed by atoms with Crippen molar-refractivity contribution in [1.29, 1.82) is 0 Å². The lowest BCUT2D eigenvalue weighted by molar-refractivity contribution is 0.0757. The lowest BCUT2D eigenvalue weighted by Gasteiger charge is -2.38. The van der Waals surface area contributed by atoms with E-state index in [1.54, 1.807) is 19.5 Å². The molecule has 3 rings (SSSR count). The standard InChI is InChI=1S/C17H21N3O2/c1-11-5-6-12-13(10-17(2,3)22-14(12)9-11)20-15-16(21-4)19-8-7-18-15/h5-9,13H,10H2,1-4H3,(H,18,20). The van der Waals surface area contributed by atoms with Crippen LogP contribution >= 0.6 is 0 Å². The summed E-state index contributed by atoms with van der Waals surface area (Å²) in [4.78, 5) is 8.53. The zero-order chi connectivity index (χ0) is 15.7. The Morgan fingerprint density at radius 2 is 2.05 bits per heavy atom. The van der Waals surface area contributed by atoms with E-state index in [2.05, 4.69) is 54.3 Å². The quantitative estimate of drug-likeness (QED) is 0.940. The number of rotatable bonds is 3. The molecule has 0 saturated heterocycles. The summed E-state index contributed by atoms with van der Waals surface area (Å²) in [5.74, 6) is 2.08. The molecule has 1 aliphatic heterocycles. The summed E-state index contributed by atoms with van der Waals surface area (Å²) in [6.07, 6.45) is 4.11. The molecule has 2 aromatic rings. The Morgan fingerprint density at radius 3 is 2.82 bits per heavy atom. The van der Waals surface area contributed by atoms with Crippen molar-refractivity contribution < 1.29 is 9.47 Å². The van der Waals surface area contributed by atoms with E-state index in [0.717, 1.165) is 17.7 Å². The van der Waals surface area contributed by atoms with Gasteiger partial charge in [0.15, 0.2) is 5.82 Å². The van der Waals surface area contributed by atoms with Crippen LogP contribution in [0.2, 0.25) is 0 Å². The third kappa shape index (κ3) is 2.84. The number of ether oxygens (including phenoxy) is 2. The van der Waals surface area contributed by atoms with Crippen LogP contribution in [0.1, 0.15) is 37.4 Å². The van der Waals surface area contributed by atoms with Crippen molar-refractivity contribution in [3.05, 3.63) is 41.7 Å². The summed E-state index contributed by atoms with van der Waals surface area (Å²) < 4.78 is 11.4. The van der Waals surface area contributed by atoms with Crippen molar-refractivity contribution in [3.63, 3.8) is 0 Å². The molecule has 0 radical (unpaired) electrons. The molecular weight excluding hydrogens is 278 g/mol. The molecule has 1 aromatic heterocycles. The Balaban J connectivity index is 1.97. The Kier molecular flexibility index (Phi) is 3.64. The third-order valence-corrected chi connectivity index (χ3v) is 3.80. The van der Waals surface area contributed by atoms with Crippen molar-refractivity contribution in [2.75, 3.05) is 12.4 Å². The maximum atomic E-state index is 6.12. The minimum absolute atomic E-state index is 0.102. The van der Waals surface area contributed by atoms with Crippen LogP contribution in [0.25, 0.3) is 0 Å². The third-order valence-electron chi connectivity index (χ3n) is 3.80. The molecule has 0 fully saturated rings. The van der Waals surface area contributed by atoms with Crippen LogP contribution in [0.5, 0.6) is 11.6 Å². The highest BCUT2D eigenvalue weighted by molar-refractivity contribution is 5.50. The van der Waals surface area contributed by atoms with Gasteiger partial charge in [-0.2, -0.15) is 0 Å². The topological polar surface area (TPSA) is 56.3 Å². The molecule has 0 bridgehead atoms. The van der Waals surface area contributed by atoms with Gasteiger partial charge in [0.25, 0.3) is 5.88 Å². The first-order valence-electron chi connectivity index (χ1n) is 7.39. The number of fused-ring (bicyclic) bond motifs is 1. The number of hydrogen-bond donors (Lipinski definition) is 1. The van der Waals surface area contributed by atoms with E-state index in [0.29, 0.717) is 11.7 Å². The highest BCUT2D eigenvalue weighted by Crippen LogP contribution is 2.41. The number of nitrogens with one attached hydrogen (secondary N) is 1. The summed E-state index contributed by atoms with van der Waals surface area (Å²) in [6, 6.07) is 6.40. The second-order valence-corrected chi connectivity index (χ2v) is 6.22. The maximum Gasteiger partial charge on any atom is 0.257 e. The first-order valence-corrected chi connectivity index (χ1v) is 7.39. The molecule has 2 heterocycles. The van der Waals surface area contributed by atoms with Crippen LogP contribution in [0, 0.1) is 6.92 Å². The summed E-state index contributed by atoms with van der Waals surface area (Å²) in [6.45, 7) is 6.26. The van der Waals surface area contributed by atoms with Crippen molar-refractivity contribution in [2.24, 2.45) is 0 Å². The zero-order valence-corrected chi connectivity index (χ0v) is 13.4. The summed E-state index contributed by atoms with van der Waals surface area (Å²) in [7, 11) is 1.60. The molecule has 5 heteroatoms. The van der Waals surface area contributed by atoms with E-state index in [1.165, 1.54) is 5.56 Å². The lowest BCUT2D eigenvalue weighted by atomic mass is 9.89. The molecule has 1 aliphatic rings. The fourth-order valence-electron chi connectivity index (χ4n) is 2.83. The number of aromatic nitrogens is 2. The molecule has 0 amide bonds. The van der Waals surface area contributed by atoms with Gasteiger partial charge in [-0.25, -0.2) is 9.97 Å². The van der Waals surface area contributed by atoms with Gasteiger partial charge in [-0.05, 0) is 32.4 Å². The number of hydrogen-bond acceptors (Lipinski definition) is 5. The van der Waals surface area contributed by atoms with Gasteiger partial charge in [0.2, 0.25) is 0 Å². The summed E-state index contributed by atoms with van der Waals surface area (Å²) in [5.41, 5.74) is 2.08. The summed E-state index contributed by atoms with van der Waals surface area (Å²) >= 11 is 0. The van der Waals surface area contributed by atoms with Crippen LogP contribution < -0.4 is 14.8 Å². The Hall–Kier alpha value is -2.30. The molecule has 5 nitrogen and oxygen atoms in total. The smallest absolute Gasteiger partial charge is 0.257 e. The summed E-state index contributed by atoms with van der Waals surface area (Å²) in [5, 5.41) is 3.45. The van der Waals surface area contributed by atoms with Gasteiger partial charge in [0.1, 0.15) is 11.4 Å². The van der Waals surface area contributed by atoms with Gasteiger partial charge in [0, 0.05) is 24.4 Å². The largest absolute Gasteiger partial charge is 0.487 e. The van der Waals surface area contributed by atoms with Crippen molar-refractivity contribution >= 4 is 5.82 Å². The number of anilines is 1. The fraction of sp³-hybridized carbons (Fsp3) is 0.412. The first kappa shape index (κ1) is 14.6. The molecule has 0 aliphatic carbocycles. The fourth-order valence-corrected chi connectivity index (χ4v) is 2.83. The van der Waals surface area contributed by atoms with E-state index in [-0.39, 0.29) is 11.6 Å². The minimum Gasteiger partial charge on any atom is -0.487 e. The minimum atomic E-state index is -0.242. The second-order valence-electron chi connectivity index (χ2n) is 6.22. The Bertz CT molecular complexity index is 685. The van der Waals surface area contributed by atoms with Gasteiger partial charge in [-0.15, -0.1) is 0 Å². The first-order chi connectivity index (χ1) is 10.5. The van der Waals surface area contributed by atoms with Crippen LogP contribution in [0.15, 0.2) is 30.6 Å². The number of methoxy groups -OCH3 is 1. The number of aryl methyl sites for hydroxylation is 1. The number of nitrogens with zero attached hydrogens (tertiary/aromatic N) is 2. The van der Waals surface area contributed by atoms with Crippen molar-refractivity contribution in [3.8, 4) is 11.6 Å². The lowest BCUT2D eigenvalue weighted by Crippen LogP contribution is -2.37. The molecule has 22 heavy (non-hydrogen) atoms. The van der Waals surface area contributed by atoms with Crippen LogP contribution in [0.3, 0.4) is 0 Å². The molecule has 1 unspecified atom stereocenters. The molecular formula is C17H21N3O2. The normalized spacial score (nSPS) is 19.0. The van der Waals surface area contributed by atoms with E-state index >= 15 is 0 Å². The van der Waals surface area contributed by atoms with Gasteiger partial charge in [0.05, 0.1) is 13.2 Å². The average molecular weight is 299 g/mol. The SMILES string of the molecule is COc1nccnc1NC1CC(C)(C)Oc2cc(C)ccc21. The second kappa shape index (κ2) is 5.48. The van der Waals surface area contributed by atoms with Crippen LogP contribution in [-0.2, 0) is 0 Å². The molecule has 116 valence electrons. The monoisotopic (exact) mass is 299 g/mol. The zero-order valence-electron chi connectivity index (χ0n) is 13.4. The molecule has 0 spiro atoms. The number of benzene rings is 1. The van der Waals surface area contributed by atoms with Gasteiger partial charge in [-0.3, -0.25) is 0 Å². The predicted octanol–water partition coefficient (Wildman–Crippen LogP) is 3.51. The van der Waals surface area contributed by atoms with Gasteiger partial charge in [-0.1, -0.05) is 12.1 Å². The van der Waals surface area contributed by atoms with Gasteiger partial charge >= 0.3 is 0 Å². The Labute approximate surface area is 130 Å². The van der Waals surface area contributed by atoms with Gasteiger partial charge < -0.3 is 14.8 Å². The van der Waals surface area contributed by atoms with Crippen LogP contribution in [0.4, 0.5) is 5.82 Å². The van der Waals surface area contributed by atoms with E-state index in [1.807, 2.05) is 0 Å². The van der Waals surface area contributed by atoms with Crippen molar-refractivity contribution in [2.45, 2.75) is 38.8 Å². The Morgan fingerprint density at radius 1 is 1.27 bits per heavy atom. The molecule has 1 atom stereocenters. The molecule has 1 N–H and O–H groups in total. The average Bonchev–Trinajstić information content (AvgIpc) is 2.46. The van der Waals surface area contributed by atoms with E-state index < -0.39 is 0 Å². The van der Waals surface area contributed by atoms with Crippen LogP contribution in [-0.4, -0.2) is 22.7 Å². The van der Waals surface area contributed by atoms with Crippen molar-refractivity contribution in [1.82, 2.24) is 9.97 Å².